The molecule has 2 aromatic rings. The summed E-state index contributed by atoms with van der Waals surface area (Å²) in [5, 5.41) is 2.36. The molecule has 0 fully saturated rings. The van der Waals surface area contributed by atoms with E-state index in [0.717, 1.165) is 13.8 Å². The third-order valence-corrected chi connectivity index (χ3v) is 4.59. The molecule has 0 atom stereocenters. The van der Waals surface area contributed by atoms with Crippen molar-refractivity contribution in [2.24, 2.45) is 0 Å². The zero-order valence-electron chi connectivity index (χ0n) is 16.5. The van der Waals surface area contributed by atoms with Crippen molar-refractivity contribution in [3.05, 3.63) is 71.8 Å². The zero-order valence-corrected chi connectivity index (χ0v) is 16.5. The Hall–Kier alpha value is -3.94. The highest BCUT2D eigenvalue weighted by molar-refractivity contribution is 6.29. The second-order valence-corrected chi connectivity index (χ2v) is 6.55. The van der Waals surface area contributed by atoms with Gasteiger partial charge in [-0.25, -0.2) is 0 Å². The van der Waals surface area contributed by atoms with Crippen LogP contribution in [0.1, 0.15) is 34.6 Å². The van der Waals surface area contributed by atoms with E-state index in [4.69, 9.17) is 0 Å². The molecule has 0 aliphatic carbocycles. The molecular formula is C22H20N2O6. The van der Waals surface area contributed by atoms with Gasteiger partial charge in [0.1, 0.15) is 0 Å². The van der Waals surface area contributed by atoms with E-state index in [0.29, 0.717) is 4.90 Å². The van der Waals surface area contributed by atoms with Crippen LogP contribution in [0.4, 0.5) is 0 Å². The number of benzene rings is 2. The highest BCUT2D eigenvalue weighted by Gasteiger charge is 2.46. The summed E-state index contributed by atoms with van der Waals surface area (Å²) in [6.45, 7) is 1.30. The third kappa shape index (κ3) is 4.72. The minimum absolute atomic E-state index is 0.0723. The number of nitrogens with zero attached hydrogens (tertiary/aromatic N) is 1. The molecular weight excluding hydrogens is 388 g/mol. The lowest BCUT2D eigenvalue weighted by Crippen LogP contribution is -2.65. The number of Topliss-reactive ketones (excluding diaryl/α,β-unsaturated/α-hetero) is 2. The second-order valence-electron chi connectivity index (χ2n) is 6.55. The van der Waals surface area contributed by atoms with Crippen molar-refractivity contribution in [2.75, 3.05) is 6.54 Å². The summed E-state index contributed by atoms with van der Waals surface area (Å²) in [7, 11) is 0. The molecule has 0 aliphatic rings. The molecule has 2 aromatic carbocycles. The Kier molecular flexibility index (Phi) is 7.08. The summed E-state index contributed by atoms with van der Waals surface area (Å²) in [4.78, 5) is 74.3. The maximum Gasteiger partial charge on any atom is 0.293 e. The molecule has 0 unspecified atom stereocenters. The van der Waals surface area contributed by atoms with Crippen LogP contribution in [0.25, 0.3) is 0 Å². The second kappa shape index (κ2) is 9.51. The number of hydrogen-bond donors (Lipinski definition) is 1. The molecule has 1 N–H and O–H groups in total. The molecule has 8 nitrogen and oxygen atoms in total. The van der Waals surface area contributed by atoms with E-state index in [-0.39, 0.29) is 17.4 Å². The van der Waals surface area contributed by atoms with Crippen LogP contribution >= 0.6 is 0 Å². The van der Waals surface area contributed by atoms with Gasteiger partial charge in [-0.3, -0.25) is 33.7 Å². The summed E-state index contributed by atoms with van der Waals surface area (Å²) in [5.41, 5.74) is -1.97. The molecule has 0 aromatic heterocycles. The summed E-state index contributed by atoms with van der Waals surface area (Å²) in [6.07, 6.45) is -0.0924. The molecule has 0 saturated carbocycles. The number of aldehydes is 1. The minimum Gasteiger partial charge on any atom is -0.332 e. The number of amides is 3. The topological polar surface area (TPSA) is 118 Å². The lowest BCUT2D eigenvalue weighted by atomic mass is 9.88. The van der Waals surface area contributed by atoms with E-state index in [1.165, 1.54) is 24.3 Å². The largest absolute Gasteiger partial charge is 0.332 e. The molecule has 0 radical (unpaired) electrons. The Bertz CT molecular complexity index is 971. The molecule has 0 saturated heterocycles. The Labute approximate surface area is 172 Å². The van der Waals surface area contributed by atoms with Crippen LogP contribution < -0.4 is 5.32 Å². The third-order valence-electron chi connectivity index (χ3n) is 4.59. The lowest BCUT2D eigenvalue weighted by molar-refractivity contribution is -0.140. The van der Waals surface area contributed by atoms with Crippen LogP contribution in [0.15, 0.2) is 60.7 Å². The van der Waals surface area contributed by atoms with Crippen LogP contribution in [-0.2, 0) is 19.2 Å². The first kappa shape index (κ1) is 22.4. The maximum atomic E-state index is 12.8. The van der Waals surface area contributed by atoms with Crippen molar-refractivity contribution in [3.8, 4) is 0 Å². The van der Waals surface area contributed by atoms with Gasteiger partial charge in [0.15, 0.2) is 17.1 Å². The van der Waals surface area contributed by atoms with E-state index >= 15 is 0 Å². The standard InChI is InChI=1S/C22H20N2O6/c1-15(26)22(16(2)27,23-20(29)17-9-5-3-6-10-17)14-24(19(28)13-25)21(30)18-11-7-4-8-12-18/h3-13H,14H2,1-2H3,(H,23,29). The predicted molar refractivity (Wildman–Crippen MR) is 107 cm³/mol. The van der Waals surface area contributed by atoms with Crippen molar-refractivity contribution < 1.29 is 28.8 Å². The van der Waals surface area contributed by atoms with Gasteiger partial charge in [-0.05, 0) is 38.1 Å². The predicted octanol–water partition coefficient (Wildman–Crippen LogP) is 1.20. The maximum absolute atomic E-state index is 12.8. The Morgan fingerprint density at radius 2 is 1.30 bits per heavy atom. The van der Waals surface area contributed by atoms with Crippen molar-refractivity contribution in [2.45, 2.75) is 19.4 Å². The molecule has 30 heavy (non-hydrogen) atoms. The first-order valence-electron chi connectivity index (χ1n) is 8.98. The fraction of sp³-hybridized carbons (Fsp3) is 0.182. The van der Waals surface area contributed by atoms with Crippen LogP contribution in [0.5, 0.6) is 0 Å². The SMILES string of the molecule is CC(=O)C(CN(C(=O)C=O)C(=O)c1ccccc1)(NC(=O)c1ccccc1)C(C)=O. The molecule has 3 amide bonds. The average Bonchev–Trinajstić information content (AvgIpc) is 2.76. The highest BCUT2D eigenvalue weighted by atomic mass is 16.2. The van der Waals surface area contributed by atoms with Gasteiger partial charge in [-0.1, -0.05) is 36.4 Å². The number of hydrogen-bond acceptors (Lipinski definition) is 6. The highest BCUT2D eigenvalue weighted by Crippen LogP contribution is 2.16. The van der Waals surface area contributed by atoms with E-state index in [1.54, 1.807) is 36.4 Å². The van der Waals surface area contributed by atoms with Gasteiger partial charge in [-0.15, -0.1) is 0 Å². The quantitative estimate of drug-likeness (QED) is 0.398. The average molecular weight is 408 g/mol. The molecule has 0 heterocycles. The van der Waals surface area contributed by atoms with Gasteiger partial charge in [0.2, 0.25) is 6.29 Å². The first-order chi connectivity index (χ1) is 14.2. The summed E-state index contributed by atoms with van der Waals surface area (Å²) >= 11 is 0. The Balaban J connectivity index is 2.48. The van der Waals surface area contributed by atoms with Gasteiger partial charge in [-0.2, -0.15) is 0 Å². The van der Waals surface area contributed by atoms with Crippen LogP contribution in [0, 0.1) is 0 Å². The number of ketones is 2. The summed E-state index contributed by atoms with van der Waals surface area (Å²) in [5.74, 6) is -4.45. The van der Waals surface area contributed by atoms with E-state index in [1.807, 2.05) is 0 Å². The van der Waals surface area contributed by atoms with Crippen molar-refractivity contribution >= 4 is 35.6 Å². The van der Waals surface area contributed by atoms with Gasteiger partial charge in [0, 0.05) is 11.1 Å². The number of carbonyl (C=O) groups is 6. The van der Waals surface area contributed by atoms with Gasteiger partial charge in [0.25, 0.3) is 17.7 Å². The smallest absolute Gasteiger partial charge is 0.293 e. The van der Waals surface area contributed by atoms with E-state index < -0.39 is 41.4 Å². The molecule has 0 bridgehead atoms. The van der Waals surface area contributed by atoms with Gasteiger partial charge < -0.3 is 5.32 Å². The zero-order chi connectivity index (χ0) is 22.3. The molecule has 0 spiro atoms. The minimum atomic E-state index is -2.21. The molecule has 0 aliphatic heterocycles. The Morgan fingerprint density at radius 3 is 1.73 bits per heavy atom. The van der Waals surface area contributed by atoms with Crippen LogP contribution in [-0.4, -0.2) is 52.6 Å². The monoisotopic (exact) mass is 408 g/mol. The van der Waals surface area contributed by atoms with Crippen LogP contribution in [0.3, 0.4) is 0 Å². The number of nitrogens with one attached hydrogen (secondary N) is 1. The lowest BCUT2D eigenvalue weighted by Gasteiger charge is -2.34. The van der Waals surface area contributed by atoms with Crippen molar-refractivity contribution in [1.29, 1.82) is 0 Å². The molecule has 2 rings (SSSR count). The fourth-order valence-electron chi connectivity index (χ4n) is 2.83. The normalized spacial score (nSPS) is 10.6. The number of imide groups is 1. The van der Waals surface area contributed by atoms with Crippen molar-refractivity contribution in [1.82, 2.24) is 10.2 Å². The van der Waals surface area contributed by atoms with E-state index in [9.17, 15) is 28.8 Å². The Morgan fingerprint density at radius 1 is 0.833 bits per heavy atom. The summed E-state index contributed by atoms with van der Waals surface area (Å²) in [6, 6.07) is 15.4. The van der Waals surface area contributed by atoms with Gasteiger partial charge in [0.05, 0.1) is 6.54 Å². The number of rotatable bonds is 8. The van der Waals surface area contributed by atoms with E-state index in [2.05, 4.69) is 5.32 Å². The summed E-state index contributed by atoms with van der Waals surface area (Å²) < 4.78 is 0. The number of carbonyl (C=O) groups excluding carboxylic acids is 6. The van der Waals surface area contributed by atoms with Crippen molar-refractivity contribution in [3.63, 3.8) is 0 Å². The van der Waals surface area contributed by atoms with Gasteiger partial charge >= 0.3 is 0 Å². The first-order valence-corrected chi connectivity index (χ1v) is 8.98. The molecule has 8 heteroatoms. The fourth-order valence-corrected chi connectivity index (χ4v) is 2.83. The van der Waals surface area contributed by atoms with Crippen LogP contribution in [0.2, 0.25) is 0 Å². The molecule has 154 valence electrons.